The van der Waals surface area contributed by atoms with Crippen molar-refractivity contribution in [3.63, 3.8) is 0 Å². The Morgan fingerprint density at radius 3 is 2.52 bits per heavy atom. The van der Waals surface area contributed by atoms with Crippen LogP contribution < -0.4 is 15.1 Å². The maximum atomic E-state index is 12.5. The third-order valence-electron chi connectivity index (χ3n) is 4.50. The summed E-state index contributed by atoms with van der Waals surface area (Å²) in [5, 5.41) is 0.739. The molecule has 27 heavy (non-hydrogen) atoms. The Balaban J connectivity index is 1.93. The van der Waals surface area contributed by atoms with Crippen LogP contribution in [0.1, 0.15) is 27.0 Å². The molecule has 6 nitrogen and oxygen atoms in total. The van der Waals surface area contributed by atoms with Gasteiger partial charge in [0.05, 0.1) is 14.2 Å². The fourth-order valence-corrected chi connectivity index (χ4v) is 2.84. The van der Waals surface area contributed by atoms with Gasteiger partial charge in [-0.2, -0.15) is 0 Å². The van der Waals surface area contributed by atoms with Gasteiger partial charge in [-0.05, 0) is 43.2 Å². The summed E-state index contributed by atoms with van der Waals surface area (Å²) in [4.78, 5) is 24.5. The molecule has 1 heterocycles. The molecular formula is C21H20O6. The van der Waals surface area contributed by atoms with E-state index in [-0.39, 0.29) is 12.2 Å². The van der Waals surface area contributed by atoms with E-state index >= 15 is 0 Å². The summed E-state index contributed by atoms with van der Waals surface area (Å²) in [6, 6.07) is 10.0. The number of carbonyl (C=O) groups excluding carboxylic acids is 1. The number of hydrogen-bond donors (Lipinski definition) is 0. The van der Waals surface area contributed by atoms with Gasteiger partial charge in [0, 0.05) is 17.0 Å². The molecular weight excluding hydrogens is 348 g/mol. The third kappa shape index (κ3) is 3.65. The number of hydrogen-bond acceptors (Lipinski definition) is 6. The molecule has 6 heteroatoms. The Bertz CT molecular complexity index is 1060. The maximum Gasteiger partial charge on any atom is 0.342 e. The molecule has 0 aliphatic heterocycles. The molecule has 0 amide bonds. The maximum absolute atomic E-state index is 12.5. The summed E-state index contributed by atoms with van der Waals surface area (Å²) in [6.07, 6.45) is 0. The molecule has 0 aliphatic carbocycles. The first-order chi connectivity index (χ1) is 12.9. The summed E-state index contributed by atoms with van der Waals surface area (Å²) in [6.45, 7) is 3.76. The van der Waals surface area contributed by atoms with Crippen LogP contribution in [-0.4, -0.2) is 20.2 Å². The van der Waals surface area contributed by atoms with E-state index < -0.39 is 11.6 Å². The predicted octanol–water partition coefficient (Wildman–Crippen LogP) is 3.78. The summed E-state index contributed by atoms with van der Waals surface area (Å²) in [7, 11) is 2.98. The number of ether oxygens (including phenoxy) is 3. The fraction of sp³-hybridized carbons (Fsp3) is 0.238. The lowest BCUT2D eigenvalue weighted by Gasteiger charge is -2.12. The highest BCUT2D eigenvalue weighted by atomic mass is 16.5. The minimum absolute atomic E-state index is 0.0657. The van der Waals surface area contributed by atoms with Crippen LogP contribution in [0.2, 0.25) is 0 Å². The molecule has 0 radical (unpaired) electrons. The fourth-order valence-electron chi connectivity index (χ4n) is 2.84. The topological polar surface area (TPSA) is 75.0 Å². The van der Waals surface area contributed by atoms with Crippen LogP contribution in [0.4, 0.5) is 0 Å². The van der Waals surface area contributed by atoms with Crippen molar-refractivity contribution in [2.75, 3.05) is 14.2 Å². The van der Waals surface area contributed by atoms with Gasteiger partial charge in [0.2, 0.25) is 0 Å². The lowest BCUT2D eigenvalue weighted by molar-refractivity contribution is 0.0469. The molecule has 0 saturated heterocycles. The molecule has 0 aliphatic rings. The van der Waals surface area contributed by atoms with Crippen LogP contribution in [0, 0.1) is 13.8 Å². The van der Waals surface area contributed by atoms with E-state index in [9.17, 15) is 9.59 Å². The second-order valence-corrected chi connectivity index (χ2v) is 6.12. The van der Waals surface area contributed by atoms with E-state index in [1.165, 1.54) is 20.3 Å². The molecule has 0 unspecified atom stereocenters. The summed E-state index contributed by atoms with van der Waals surface area (Å²) in [5.74, 6) is 0.320. The second kappa shape index (κ2) is 7.53. The van der Waals surface area contributed by atoms with E-state index in [1.54, 1.807) is 18.2 Å². The molecule has 3 rings (SSSR count). The third-order valence-corrected chi connectivity index (χ3v) is 4.50. The van der Waals surface area contributed by atoms with Crippen LogP contribution in [0.5, 0.6) is 11.5 Å². The second-order valence-electron chi connectivity index (χ2n) is 6.12. The number of aryl methyl sites for hydroxylation is 2. The number of methoxy groups -OCH3 is 2. The minimum atomic E-state index is -0.573. The van der Waals surface area contributed by atoms with E-state index in [4.69, 9.17) is 18.6 Å². The highest BCUT2D eigenvalue weighted by Crippen LogP contribution is 2.26. The minimum Gasteiger partial charge on any atom is -0.497 e. The number of carbonyl (C=O) groups is 1. The highest BCUT2D eigenvalue weighted by Gasteiger charge is 2.17. The average Bonchev–Trinajstić information content (AvgIpc) is 2.68. The number of fused-ring (bicyclic) bond motifs is 1. The van der Waals surface area contributed by atoms with Crippen molar-refractivity contribution < 1.29 is 23.4 Å². The van der Waals surface area contributed by atoms with Crippen molar-refractivity contribution in [1.82, 2.24) is 0 Å². The van der Waals surface area contributed by atoms with E-state index in [1.807, 2.05) is 26.0 Å². The molecule has 0 saturated carbocycles. The van der Waals surface area contributed by atoms with Crippen molar-refractivity contribution in [3.8, 4) is 11.5 Å². The number of esters is 1. The predicted molar refractivity (Wildman–Crippen MR) is 101 cm³/mol. The normalized spacial score (nSPS) is 10.7. The van der Waals surface area contributed by atoms with Gasteiger partial charge < -0.3 is 18.6 Å². The Hall–Kier alpha value is -3.28. The van der Waals surface area contributed by atoms with E-state index in [2.05, 4.69) is 0 Å². The highest BCUT2D eigenvalue weighted by molar-refractivity contribution is 5.93. The largest absolute Gasteiger partial charge is 0.497 e. The first-order valence-electron chi connectivity index (χ1n) is 8.36. The van der Waals surface area contributed by atoms with Gasteiger partial charge in [0.15, 0.2) is 0 Å². The standard InChI is InChI=1S/C21H20O6/c1-12-5-7-16-14(9-19(22)27-20(16)13(12)2)11-26-21(23)17-10-15(24-3)6-8-18(17)25-4/h5-10H,11H2,1-4H3. The molecule has 0 fully saturated rings. The Morgan fingerprint density at radius 1 is 1.04 bits per heavy atom. The Labute approximate surface area is 156 Å². The molecule has 0 bridgehead atoms. The van der Waals surface area contributed by atoms with Crippen LogP contribution in [0.25, 0.3) is 11.0 Å². The van der Waals surface area contributed by atoms with Crippen molar-refractivity contribution in [2.24, 2.45) is 0 Å². The molecule has 0 atom stereocenters. The van der Waals surface area contributed by atoms with Gasteiger partial charge in [-0.15, -0.1) is 0 Å². The van der Waals surface area contributed by atoms with Gasteiger partial charge in [-0.25, -0.2) is 9.59 Å². The van der Waals surface area contributed by atoms with Gasteiger partial charge in [-0.3, -0.25) is 0 Å². The van der Waals surface area contributed by atoms with Crippen LogP contribution in [0.15, 0.2) is 45.6 Å². The summed E-state index contributed by atoms with van der Waals surface area (Å²) in [5.41, 5.74) is 2.75. The monoisotopic (exact) mass is 368 g/mol. The zero-order chi connectivity index (χ0) is 19.6. The molecule has 140 valence electrons. The van der Waals surface area contributed by atoms with Crippen molar-refractivity contribution in [2.45, 2.75) is 20.5 Å². The SMILES string of the molecule is COc1ccc(OC)c(C(=O)OCc2cc(=O)oc3c(C)c(C)ccc23)c1. The van der Waals surface area contributed by atoms with Gasteiger partial charge in [0.25, 0.3) is 0 Å². The first kappa shape index (κ1) is 18.5. The van der Waals surface area contributed by atoms with E-state index in [0.29, 0.717) is 22.6 Å². The van der Waals surface area contributed by atoms with Gasteiger partial charge in [0.1, 0.15) is 29.3 Å². The number of benzene rings is 2. The van der Waals surface area contributed by atoms with Crippen molar-refractivity contribution in [1.29, 1.82) is 0 Å². The average molecular weight is 368 g/mol. The van der Waals surface area contributed by atoms with Crippen LogP contribution in [-0.2, 0) is 11.3 Å². The van der Waals surface area contributed by atoms with Crippen molar-refractivity contribution >= 4 is 16.9 Å². The quantitative estimate of drug-likeness (QED) is 0.504. The van der Waals surface area contributed by atoms with Gasteiger partial charge in [-0.1, -0.05) is 12.1 Å². The smallest absolute Gasteiger partial charge is 0.342 e. The summed E-state index contributed by atoms with van der Waals surface area (Å²) >= 11 is 0. The molecule has 3 aromatic rings. The lowest BCUT2D eigenvalue weighted by atomic mass is 10.0. The van der Waals surface area contributed by atoms with E-state index in [0.717, 1.165) is 16.5 Å². The molecule has 2 aromatic carbocycles. The molecule has 1 aromatic heterocycles. The van der Waals surface area contributed by atoms with Gasteiger partial charge >= 0.3 is 11.6 Å². The Kier molecular flexibility index (Phi) is 5.16. The Morgan fingerprint density at radius 2 is 1.81 bits per heavy atom. The van der Waals surface area contributed by atoms with Crippen LogP contribution in [0.3, 0.4) is 0 Å². The van der Waals surface area contributed by atoms with Crippen LogP contribution >= 0.6 is 0 Å². The molecule has 0 N–H and O–H groups in total. The van der Waals surface area contributed by atoms with Crippen molar-refractivity contribution in [3.05, 3.63) is 69.1 Å². The zero-order valence-electron chi connectivity index (χ0n) is 15.6. The number of rotatable bonds is 5. The zero-order valence-corrected chi connectivity index (χ0v) is 15.6. The molecule has 0 spiro atoms. The summed E-state index contributed by atoms with van der Waals surface area (Å²) < 4.78 is 21.1. The first-order valence-corrected chi connectivity index (χ1v) is 8.36. The lowest BCUT2D eigenvalue weighted by Crippen LogP contribution is -2.09.